The van der Waals surface area contributed by atoms with E-state index in [1.54, 1.807) is 17.8 Å². The van der Waals surface area contributed by atoms with Crippen molar-refractivity contribution in [2.75, 3.05) is 52.2 Å². The van der Waals surface area contributed by atoms with Crippen LogP contribution < -0.4 is 10.6 Å². The molecule has 5 nitrogen and oxygen atoms in total. The fourth-order valence-electron chi connectivity index (χ4n) is 2.88. The van der Waals surface area contributed by atoms with Crippen LogP contribution in [0.1, 0.15) is 24.5 Å². The molecule has 0 atom stereocenters. The summed E-state index contributed by atoms with van der Waals surface area (Å²) >= 11 is 1.69. The molecule has 1 heterocycles. The molecule has 0 unspecified atom stereocenters. The molecule has 0 aliphatic carbocycles. The number of hydrogen-bond acceptors (Lipinski definition) is 4. The molecule has 1 saturated heterocycles. The van der Waals surface area contributed by atoms with Gasteiger partial charge >= 0.3 is 0 Å². The number of ether oxygens (including phenoxy) is 1. The molecule has 2 rings (SSSR count). The number of thioether (sulfide) groups is 1. The Morgan fingerprint density at radius 3 is 2.74 bits per heavy atom. The van der Waals surface area contributed by atoms with E-state index in [1.165, 1.54) is 6.07 Å². The van der Waals surface area contributed by atoms with Crippen molar-refractivity contribution in [2.24, 2.45) is 4.99 Å². The van der Waals surface area contributed by atoms with Crippen LogP contribution in [0.25, 0.3) is 0 Å². The zero-order valence-corrected chi connectivity index (χ0v) is 19.4. The smallest absolute Gasteiger partial charge is 0.191 e. The van der Waals surface area contributed by atoms with Crippen molar-refractivity contribution < 1.29 is 9.13 Å². The number of benzene rings is 1. The first-order valence-corrected chi connectivity index (χ1v) is 10.7. The number of rotatable bonds is 9. The Hall–Kier alpha value is -0.580. The average molecular weight is 510 g/mol. The summed E-state index contributed by atoms with van der Waals surface area (Å²) in [4.78, 5) is 7.10. The molecule has 1 aliphatic rings. The van der Waals surface area contributed by atoms with E-state index >= 15 is 0 Å². The molecule has 0 bridgehead atoms. The number of guanidine groups is 1. The zero-order valence-electron chi connectivity index (χ0n) is 16.3. The summed E-state index contributed by atoms with van der Waals surface area (Å²) in [6, 6.07) is 4.97. The van der Waals surface area contributed by atoms with Gasteiger partial charge in [0.25, 0.3) is 0 Å². The van der Waals surface area contributed by atoms with E-state index in [4.69, 9.17) is 4.74 Å². The third kappa shape index (κ3) is 9.45. The van der Waals surface area contributed by atoms with Crippen LogP contribution in [0.5, 0.6) is 0 Å². The Bertz CT molecular complexity index is 571. The first kappa shape index (κ1) is 24.5. The maximum Gasteiger partial charge on any atom is 0.191 e. The van der Waals surface area contributed by atoms with Crippen LogP contribution in [0.2, 0.25) is 0 Å². The number of morpholine rings is 1. The largest absolute Gasteiger partial charge is 0.379 e. The summed E-state index contributed by atoms with van der Waals surface area (Å²) in [5, 5.41) is 6.68. The van der Waals surface area contributed by atoms with Crippen molar-refractivity contribution in [3.05, 3.63) is 35.1 Å². The van der Waals surface area contributed by atoms with E-state index in [1.807, 2.05) is 12.3 Å². The molecule has 2 N–H and O–H groups in total. The minimum absolute atomic E-state index is 0. The van der Waals surface area contributed by atoms with E-state index in [2.05, 4.69) is 27.4 Å². The van der Waals surface area contributed by atoms with Gasteiger partial charge in [0.2, 0.25) is 0 Å². The quantitative estimate of drug-likeness (QED) is 0.232. The third-order valence-electron chi connectivity index (χ3n) is 4.27. The molecule has 1 aliphatic heterocycles. The van der Waals surface area contributed by atoms with E-state index in [9.17, 15) is 4.39 Å². The van der Waals surface area contributed by atoms with Gasteiger partial charge in [-0.05, 0) is 49.4 Å². The lowest BCUT2D eigenvalue weighted by Crippen LogP contribution is -2.40. The number of aliphatic imine (C=N–C) groups is 1. The molecule has 0 radical (unpaired) electrons. The topological polar surface area (TPSA) is 48.9 Å². The Labute approximate surface area is 183 Å². The molecule has 27 heavy (non-hydrogen) atoms. The minimum Gasteiger partial charge on any atom is -0.379 e. The Morgan fingerprint density at radius 2 is 2.04 bits per heavy atom. The summed E-state index contributed by atoms with van der Waals surface area (Å²) in [5.74, 6) is 1.43. The average Bonchev–Trinajstić information content (AvgIpc) is 2.65. The van der Waals surface area contributed by atoms with Crippen molar-refractivity contribution in [3.8, 4) is 0 Å². The van der Waals surface area contributed by atoms with Gasteiger partial charge < -0.3 is 15.4 Å². The second-order valence-corrected chi connectivity index (χ2v) is 7.14. The van der Waals surface area contributed by atoms with Crippen LogP contribution in [-0.2, 0) is 17.0 Å². The molecular weight excluding hydrogens is 478 g/mol. The van der Waals surface area contributed by atoms with Gasteiger partial charge in [-0.3, -0.25) is 4.90 Å². The monoisotopic (exact) mass is 510 g/mol. The molecule has 0 spiro atoms. The lowest BCUT2D eigenvalue weighted by molar-refractivity contribution is 0.0376. The fourth-order valence-corrected chi connectivity index (χ4v) is 3.46. The van der Waals surface area contributed by atoms with Crippen molar-refractivity contribution in [1.29, 1.82) is 0 Å². The summed E-state index contributed by atoms with van der Waals surface area (Å²) in [7, 11) is 0. The highest BCUT2D eigenvalue weighted by Gasteiger charge is 2.09. The maximum absolute atomic E-state index is 13.5. The van der Waals surface area contributed by atoms with E-state index in [-0.39, 0.29) is 29.8 Å². The lowest BCUT2D eigenvalue weighted by Gasteiger charge is -2.26. The summed E-state index contributed by atoms with van der Waals surface area (Å²) < 4.78 is 18.8. The predicted octanol–water partition coefficient (Wildman–Crippen LogP) is 3.08. The van der Waals surface area contributed by atoms with E-state index in [0.717, 1.165) is 75.2 Å². The van der Waals surface area contributed by atoms with Crippen LogP contribution >= 0.6 is 35.7 Å². The van der Waals surface area contributed by atoms with Gasteiger partial charge in [0.15, 0.2) is 5.96 Å². The van der Waals surface area contributed by atoms with Gasteiger partial charge in [0.1, 0.15) is 5.82 Å². The van der Waals surface area contributed by atoms with E-state index < -0.39 is 0 Å². The van der Waals surface area contributed by atoms with Gasteiger partial charge in [-0.25, -0.2) is 9.38 Å². The van der Waals surface area contributed by atoms with Crippen LogP contribution in [0.15, 0.2) is 23.2 Å². The summed E-state index contributed by atoms with van der Waals surface area (Å²) in [6.45, 7) is 9.11. The van der Waals surface area contributed by atoms with Gasteiger partial charge in [-0.1, -0.05) is 6.07 Å². The van der Waals surface area contributed by atoms with Crippen molar-refractivity contribution in [1.82, 2.24) is 15.5 Å². The molecule has 0 aromatic heterocycles. The molecule has 1 aromatic rings. The minimum atomic E-state index is -0.185. The second kappa shape index (κ2) is 14.4. The van der Waals surface area contributed by atoms with Crippen molar-refractivity contribution in [3.63, 3.8) is 0 Å². The molecule has 154 valence electrons. The highest BCUT2D eigenvalue weighted by molar-refractivity contribution is 14.0. The number of nitrogens with one attached hydrogen (secondary N) is 2. The van der Waals surface area contributed by atoms with Crippen LogP contribution in [0, 0.1) is 5.82 Å². The SMILES string of the molecule is CCNC(=NCc1ccc(F)cc1CSC)NCCCN1CCOCC1.I. The van der Waals surface area contributed by atoms with Gasteiger partial charge in [0.05, 0.1) is 19.8 Å². The van der Waals surface area contributed by atoms with Gasteiger partial charge in [0, 0.05) is 31.9 Å². The number of nitrogens with zero attached hydrogens (tertiary/aromatic N) is 2. The molecule has 1 aromatic carbocycles. The van der Waals surface area contributed by atoms with Crippen molar-refractivity contribution >= 4 is 41.7 Å². The molecule has 8 heteroatoms. The Kier molecular flexibility index (Phi) is 13.1. The van der Waals surface area contributed by atoms with Gasteiger partial charge in [-0.2, -0.15) is 11.8 Å². The Balaban J connectivity index is 0.00000364. The lowest BCUT2D eigenvalue weighted by atomic mass is 10.1. The summed E-state index contributed by atoms with van der Waals surface area (Å²) in [5.41, 5.74) is 2.09. The van der Waals surface area contributed by atoms with E-state index in [0.29, 0.717) is 6.54 Å². The molecule has 0 amide bonds. The normalized spacial score (nSPS) is 15.3. The standard InChI is InChI=1S/C19H31FN4OS.HI/c1-3-21-19(22-7-4-8-24-9-11-25-12-10-24)23-14-16-5-6-18(20)13-17(16)15-26-2;/h5-6,13H,3-4,7-12,14-15H2,1-2H3,(H2,21,22,23);1H. The number of hydrogen-bond donors (Lipinski definition) is 2. The fraction of sp³-hybridized carbons (Fsp3) is 0.632. The first-order chi connectivity index (χ1) is 12.7. The Morgan fingerprint density at radius 1 is 1.26 bits per heavy atom. The first-order valence-electron chi connectivity index (χ1n) is 9.31. The van der Waals surface area contributed by atoms with Crippen LogP contribution in [-0.4, -0.2) is 63.1 Å². The van der Waals surface area contributed by atoms with Crippen molar-refractivity contribution in [2.45, 2.75) is 25.6 Å². The molecule has 0 saturated carbocycles. The second-order valence-electron chi connectivity index (χ2n) is 6.28. The van der Waals surface area contributed by atoms with Crippen LogP contribution in [0.4, 0.5) is 4.39 Å². The molecule has 1 fully saturated rings. The van der Waals surface area contributed by atoms with Gasteiger partial charge in [-0.15, -0.1) is 24.0 Å². The number of halogens is 2. The maximum atomic E-state index is 13.5. The summed E-state index contributed by atoms with van der Waals surface area (Å²) in [6.07, 6.45) is 3.09. The third-order valence-corrected chi connectivity index (χ3v) is 4.87. The van der Waals surface area contributed by atoms with Crippen LogP contribution in [0.3, 0.4) is 0 Å². The predicted molar refractivity (Wildman–Crippen MR) is 124 cm³/mol. The highest BCUT2D eigenvalue weighted by Crippen LogP contribution is 2.17. The highest BCUT2D eigenvalue weighted by atomic mass is 127. The molecular formula is C19H32FIN4OS. The zero-order chi connectivity index (χ0) is 18.6.